The van der Waals surface area contributed by atoms with E-state index in [0.717, 1.165) is 37.6 Å². The van der Waals surface area contributed by atoms with Gasteiger partial charge in [0.15, 0.2) is 0 Å². The Balaban J connectivity index is 2.25. The van der Waals surface area contributed by atoms with Crippen molar-refractivity contribution >= 4 is 11.8 Å². The monoisotopic (exact) mass is 420 g/mol. The van der Waals surface area contributed by atoms with E-state index in [-0.39, 0.29) is 0 Å². The maximum Gasteiger partial charge on any atom is 0.128 e. The highest BCUT2D eigenvalue weighted by molar-refractivity contribution is 8.01. The van der Waals surface area contributed by atoms with E-state index in [1.807, 2.05) is 0 Å². The van der Waals surface area contributed by atoms with Gasteiger partial charge in [0.05, 0.1) is 6.61 Å². The standard InChI is InChI=1S/C26H44O2S/c1-3-5-7-9-11-16-20-27-22-26(28-21-17-12-10-8-6-4-2)24-29-23-25-18-14-13-15-19-25/h13-15,18-19,24H,3-12,16-17,20-23H2,1-2H3. The Labute approximate surface area is 184 Å². The van der Waals surface area contributed by atoms with Crippen LogP contribution in [0.25, 0.3) is 0 Å². The molecule has 0 amide bonds. The van der Waals surface area contributed by atoms with Crippen LogP contribution in [0.1, 0.15) is 96.5 Å². The molecule has 0 aromatic heterocycles. The van der Waals surface area contributed by atoms with Crippen LogP contribution in [0.5, 0.6) is 0 Å². The molecule has 0 aliphatic rings. The highest BCUT2D eigenvalue weighted by Crippen LogP contribution is 2.17. The highest BCUT2D eigenvalue weighted by Gasteiger charge is 2.01. The molecule has 2 nitrogen and oxygen atoms in total. The molecule has 1 aromatic rings. The van der Waals surface area contributed by atoms with Crippen LogP contribution >= 0.6 is 11.8 Å². The molecule has 1 rings (SSSR count). The average molecular weight is 421 g/mol. The lowest BCUT2D eigenvalue weighted by molar-refractivity contribution is 0.0941. The van der Waals surface area contributed by atoms with Crippen LogP contribution in [-0.4, -0.2) is 19.8 Å². The summed E-state index contributed by atoms with van der Waals surface area (Å²) in [6.07, 6.45) is 15.5. The molecule has 166 valence electrons. The lowest BCUT2D eigenvalue weighted by Crippen LogP contribution is -2.05. The second-order valence-corrected chi connectivity index (χ2v) is 8.68. The topological polar surface area (TPSA) is 18.5 Å². The maximum absolute atomic E-state index is 6.06. The second-order valence-electron chi connectivity index (χ2n) is 7.82. The third-order valence-corrected chi connectivity index (χ3v) is 5.91. The Morgan fingerprint density at radius 1 is 0.759 bits per heavy atom. The molecule has 0 fully saturated rings. The van der Waals surface area contributed by atoms with Gasteiger partial charge in [-0.3, -0.25) is 0 Å². The minimum atomic E-state index is 0.604. The van der Waals surface area contributed by atoms with E-state index in [1.165, 1.54) is 69.8 Å². The van der Waals surface area contributed by atoms with Crippen LogP contribution in [0.2, 0.25) is 0 Å². The fourth-order valence-electron chi connectivity index (χ4n) is 3.16. The number of hydrogen-bond donors (Lipinski definition) is 0. The van der Waals surface area contributed by atoms with Crippen molar-refractivity contribution in [1.29, 1.82) is 0 Å². The molecule has 0 saturated carbocycles. The Kier molecular flexibility index (Phi) is 18.3. The van der Waals surface area contributed by atoms with Gasteiger partial charge in [-0.05, 0) is 18.4 Å². The zero-order valence-corrected chi connectivity index (χ0v) is 19.8. The molecule has 0 atom stereocenters. The van der Waals surface area contributed by atoms with Crippen LogP contribution < -0.4 is 0 Å². The van der Waals surface area contributed by atoms with Crippen molar-refractivity contribution in [3.63, 3.8) is 0 Å². The molecule has 0 radical (unpaired) electrons. The third-order valence-electron chi connectivity index (χ3n) is 4.98. The van der Waals surface area contributed by atoms with Gasteiger partial charge < -0.3 is 9.47 Å². The van der Waals surface area contributed by atoms with E-state index < -0.39 is 0 Å². The van der Waals surface area contributed by atoms with Gasteiger partial charge in [-0.1, -0.05) is 108 Å². The summed E-state index contributed by atoms with van der Waals surface area (Å²) in [5.74, 6) is 1.97. The lowest BCUT2D eigenvalue weighted by Gasteiger charge is -2.12. The number of rotatable bonds is 20. The number of ether oxygens (including phenoxy) is 2. The minimum Gasteiger partial charge on any atom is -0.495 e. The van der Waals surface area contributed by atoms with Gasteiger partial charge in [0.1, 0.15) is 12.4 Å². The summed E-state index contributed by atoms with van der Waals surface area (Å²) in [5, 5.41) is 2.16. The Morgan fingerprint density at radius 3 is 2.00 bits per heavy atom. The first-order valence-corrected chi connectivity index (χ1v) is 13.0. The molecule has 3 heteroatoms. The molecule has 29 heavy (non-hydrogen) atoms. The number of benzene rings is 1. The number of thioether (sulfide) groups is 1. The van der Waals surface area contributed by atoms with Crippen LogP contribution in [0.15, 0.2) is 41.5 Å². The lowest BCUT2D eigenvalue weighted by atomic mass is 10.1. The Morgan fingerprint density at radius 2 is 1.34 bits per heavy atom. The van der Waals surface area contributed by atoms with E-state index in [4.69, 9.17) is 9.47 Å². The fourth-order valence-corrected chi connectivity index (χ4v) is 3.95. The highest BCUT2D eigenvalue weighted by atomic mass is 32.2. The zero-order valence-electron chi connectivity index (χ0n) is 19.0. The molecule has 0 spiro atoms. The van der Waals surface area contributed by atoms with Crippen molar-refractivity contribution in [3.8, 4) is 0 Å². The first-order chi connectivity index (χ1) is 14.4. The van der Waals surface area contributed by atoms with E-state index in [9.17, 15) is 0 Å². The largest absolute Gasteiger partial charge is 0.495 e. The summed E-state index contributed by atoms with van der Waals surface area (Å²) in [7, 11) is 0. The number of hydrogen-bond acceptors (Lipinski definition) is 3. The Bertz CT molecular complexity index is 487. The van der Waals surface area contributed by atoms with Crippen LogP contribution in [0.4, 0.5) is 0 Å². The van der Waals surface area contributed by atoms with Crippen molar-refractivity contribution < 1.29 is 9.47 Å². The van der Waals surface area contributed by atoms with Gasteiger partial charge in [0.2, 0.25) is 0 Å². The molecule has 0 N–H and O–H groups in total. The third kappa shape index (κ3) is 16.5. The van der Waals surface area contributed by atoms with E-state index >= 15 is 0 Å². The predicted molar refractivity (Wildman–Crippen MR) is 129 cm³/mol. The normalized spacial score (nSPS) is 11.7. The SMILES string of the molecule is CCCCCCCCOCC(=CSCc1ccccc1)OCCCCCCCC. The van der Waals surface area contributed by atoms with E-state index in [1.54, 1.807) is 11.8 Å². The van der Waals surface area contributed by atoms with Gasteiger partial charge in [-0.25, -0.2) is 0 Å². The minimum absolute atomic E-state index is 0.604. The van der Waals surface area contributed by atoms with Gasteiger partial charge in [0.25, 0.3) is 0 Å². The summed E-state index contributed by atoms with van der Waals surface area (Å²) in [5.41, 5.74) is 1.34. The van der Waals surface area contributed by atoms with E-state index in [0.29, 0.717) is 6.61 Å². The quantitative estimate of drug-likeness (QED) is 0.155. The first kappa shape index (κ1) is 26.1. The molecular weight excluding hydrogens is 376 g/mol. The second kappa shape index (κ2) is 20.3. The van der Waals surface area contributed by atoms with Gasteiger partial charge in [-0.2, -0.15) is 0 Å². The molecule has 1 aromatic carbocycles. The molecule has 0 heterocycles. The maximum atomic E-state index is 6.06. The van der Waals surface area contributed by atoms with Gasteiger partial charge in [0, 0.05) is 17.8 Å². The predicted octanol–water partition coefficient (Wildman–Crippen LogP) is 8.52. The van der Waals surface area contributed by atoms with Crippen molar-refractivity contribution in [3.05, 3.63) is 47.1 Å². The Hall–Kier alpha value is -0.930. The summed E-state index contributed by atoms with van der Waals surface area (Å²) in [6.45, 7) is 6.78. The molecule has 0 unspecified atom stereocenters. The molecule has 0 aliphatic heterocycles. The van der Waals surface area contributed by atoms with Gasteiger partial charge >= 0.3 is 0 Å². The molecule has 0 aliphatic carbocycles. The molecule has 0 saturated heterocycles. The average Bonchev–Trinajstić information content (AvgIpc) is 2.75. The van der Waals surface area contributed by atoms with Crippen LogP contribution in [0, 0.1) is 0 Å². The van der Waals surface area contributed by atoms with Crippen molar-refractivity contribution in [2.75, 3.05) is 19.8 Å². The molecule has 0 bridgehead atoms. The van der Waals surface area contributed by atoms with Gasteiger partial charge in [-0.15, -0.1) is 11.8 Å². The van der Waals surface area contributed by atoms with Crippen molar-refractivity contribution in [2.45, 2.75) is 96.7 Å². The summed E-state index contributed by atoms with van der Waals surface area (Å²) in [4.78, 5) is 0. The number of unbranched alkanes of at least 4 members (excludes halogenated alkanes) is 10. The molecular formula is C26H44O2S. The van der Waals surface area contributed by atoms with E-state index in [2.05, 4.69) is 49.6 Å². The van der Waals surface area contributed by atoms with Crippen LogP contribution in [-0.2, 0) is 15.2 Å². The van der Waals surface area contributed by atoms with Crippen molar-refractivity contribution in [1.82, 2.24) is 0 Å². The smallest absolute Gasteiger partial charge is 0.128 e. The first-order valence-electron chi connectivity index (χ1n) is 11.9. The van der Waals surface area contributed by atoms with Crippen LogP contribution in [0.3, 0.4) is 0 Å². The summed E-state index contributed by atoms with van der Waals surface area (Å²) >= 11 is 1.80. The zero-order chi connectivity index (χ0) is 20.8. The fraction of sp³-hybridized carbons (Fsp3) is 0.692. The summed E-state index contributed by atoms with van der Waals surface area (Å²) < 4.78 is 12.0. The van der Waals surface area contributed by atoms with Crippen molar-refractivity contribution in [2.24, 2.45) is 0 Å². The summed E-state index contributed by atoms with van der Waals surface area (Å²) in [6, 6.07) is 10.6.